The number of hydrogen-bond acceptors (Lipinski definition) is 6. The number of piperazine rings is 1. The molecule has 23 heavy (non-hydrogen) atoms. The Morgan fingerprint density at radius 2 is 1.70 bits per heavy atom. The van der Waals surface area contributed by atoms with Crippen LogP contribution in [0.1, 0.15) is 16.4 Å². The lowest BCUT2D eigenvalue weighted by atomic mass is 10.3. The van der Waals surface area contributed by atoms with Gasteiger partial charge >= 0.3 is 6.18 Å². The van der Waals surface area contributed by atoms with Crippen LogP contribution in [0.25, 0.3) is 0 Å². The Morgan fingerprint density at radius 3 is 2.26 bits per heavy atom. The van der Waals surface area contributed by atoms with Crippen molar-refractivity contribution in [2.24, 2.45) is 0 Å². The minimum absolute atomic E-state index is 0.423. The predicted molar refractivity (Wildman–Crippen MR) is 83.0 cm³/mol. The van der Waals surface area contributed by atoms with Gasteiger partial charge in [-0.2, -0.15) is 13.2 Å². The maximum atomic E-state index is 12.7. The molecule has 2 aromatic rings. The number of alkyl halides is 3. The third kappa shape index (κ3) is 3.54. The molecule has 3 rings (SSSR count). The molecule has 0 spiro atoms. The number of anilines is 2. The van der Waals surface area contributed by atoms with Crippen molar-refractivity contribution in [1.29, 1.82) is 0 Å². The van der Waals surface area contributed by atoms with E-state index in [1.807, 2.05) is 24.8 Å². The molecule has 1 aliphatic heterocycles. The van der Waals surface area contributed by atoms with Crippen LogP contribution in [0.3, 0.4) is 0 Å². The highest BCUT2D eigenvalue weighted by molar-refractivity contribution is 7.15. The molecule has 0 amide bonds. The molecule has 0 N–H and O–H groups in total. The van der Waals surface area contributed by atoms with Crippen LogP contribution in [0.5, 0.6) is 0 Å². The first-order chi connectivity index (χ1) is 10.8. The quantitative estimate of drug-likeness (QED) is 0.839. The van der Waals surface area contributed by atoms with Crippen molar-refractivity contribution >= 4 is 22.3 Å². The summed E-state index contributed by atoms with van der Waals surface area (Å²) in [6.45, 7) is 6.39. The van der Waals surface area contributed by atoms with Crippen LogP contribution < -0.4 is 9.80 Å². The number of thiazole rings is 1. The molecule has 0 saturated carbocycles. The van der Waals surface area contributed by atoms with Gasteiger partial charge in [-0.25, -0.2) is 15.0 Å². The topological polar surface area (TPSA) is 45.2 Å². The second kappa shape index (κ2) is 5.95. The van der Waals surface area contributed by atoms with Gasteiger partial charge in [0, 0.05) is 37.9 Å². The highest BCUT2D eigenvalue weighted by Crippen LogP contribution is 2.36. The molecular formula is C14H16F3N5S. The normalized spacial score (nSPS) is 16.0. The van der Waals surface area contributed by atoms with E-state index in [0.29, 0.717) is 42.6 Å². The van der Waals surface area contributed by atoms with Crippen molar-refractivity contribution in [3.8, 4) is 0 Å². The van der Waals surface area contributed by atoms with E-state index in [-0.39, 0.29) is 0 Å². The molecule has 5 nitrogen and oxygen atoms in total. The average molecular weight is 343 g/mol. The lowest BCUT2D eigenvalue weighted by molar-refractivity contribution is -0.134. The number of aromatic nitrogens is 3. The van der Waals surface area contributed by atoms with Crippen LogP contribution in [0.2, 0.25) is 0 Å². The number of aryl methyl sites for hydroxylation is 2. The maximum Gasteiger partial charge on any atom is 0.427 e. The monoisotopic (exact) mass is 343 g/mol. The van der Waals surface area contributed by atoms with Crippen LogP contribution in [-0.2, 0) is 6.18 Å². The number of nitrogens with zero attached hydrogens (tertiary/aromatic N) is 5. The van der Waals surface area contributed by atoms with Gasteiger partial charge in [0.25, 0.3) is 0 Å². The molecule has 2 aromatic heterocycles. The van der Waals surface area contributed by atoms with E-state index in [2.05, 4.69) is 19.9 Å². The third-order valence-electron chi connectivity index (χ3n) is 3.60. The summed E-state index contributed by atoms with van der Waals surface area (Å²) in [6, 6.07) is 1.92. The van der Waals surface area contributed by atoms with Gasteiger partial charge < -0.3 is 9.80 Å². The molecule has 124 valence electrons. The summed E-state index contributed by atoms with van der Waals surface area (Å²) in [7, 11) is 0. The van der Waals surface area contributed by atoms with E-state index >= 15 is 0 Å². The van der Waals surface area contributed by atoms with Crippen LogP contribution >= 0.6 is 11.3 Å². The predicted octanol–water partition coefficient (Wildman–Crippen LogP) is 2.90. The summed E-state index contributed by atoms with van der Waals surface area (Å²) in [6.07, 6.45) is -3.42. The fourth-order valence-corrected chi connectivity index (χ4v) is 3.36. The molecule has 0 aliphatic carbocycles. The molecule has 1 aliphatic rings. The Labute approximate surface area is 135 Å². The molecule has 0 bridgehead atoms. The molecule has 0 unspecified atom stereocenters. The van der Waals surface area contributed by atoms with Crippen LogP contribution in [0.4, 0.5) is 24.1 Å². The van der Waals surface area contributed by atoms with E-state index in [0.717, 1.165) is 23.5 Å². The summed E-state index contributed by atoms with van der Waals surface area (Å²) >= 11 is 0.694. The average Bonchev–Trinajstić information content (AvgIpc) is 2.96. The third-order valence-corrected chi connectivity index (χ3v) is 4.70. The van der Waals surface area contributed by atoms with Gasteiger partial charge in [0.2, 0.25) is 0 Å². The van der Waals surface area contributed by atoms with Gasteiger partial charge in [-0.05, 0) is 13.8 Å². The zero-order valence-corrected chi connectivity index (χ0v) is 13.6. The summed E-state index contributed by atoms with van der Waals surface area (Å²) in [5.41, 5.74) is 0.907. The van der Waals surface area contributed by atoms with E-state index in [1.165, 1.54) is 0 Å². The van der Waals surface area contributed by atoms with Crippen molar-refractivity contribution in [3.05, 3.63) is 28.7 Å². The minimum Gasteiger partial charge on any atom is -0.353 e. The molecule has 1 fully saturated rings. The molecule has 0 radical (unpaired) electrons. The highest BCUT2D eigenvalue weighted by atomic mass is 32.1. The SMILES string of the molecule is Cc1cc(N2CCN(c3ncc(C(F)(F)F)s3)CC2)nc(C)n1. The fraction of sp³-hybridized carbons (Fsp3) is 0.500. The first-order valence-electron chi connectivity index (χ1n) is 7.18. The Hall–Kier alpha value is -1.90. The minimum atomic E-state index is -4.33. The van der Waals surface area contributed by atoms with Crippen molar-refractivity contribution in [3.63, 3.8) is 0 Å². The molecule has 0 atom stereocenters. The molecular weight excluding hydrogens is 327 g/mol. The summed E-state index contributed by atoms with van der Waals surface area (Å²) < 4.78 is 38.0. The molecule has 1 saturated heterocycles. The second-order valence-corrected chi connectivity index (χ2v) is 6.40. The second-order valence-electron chi connectivity index (χ2n) is 5.39. The standard InChI is InChI=1S/C14H16F3N5S/c1-9-7-12(20-10(2)19-9)21-3-5-22(6-4-21)13-18-8-11(23-13)14(15,16)17/h7-8H,3-6H2,1-2H3. The first-order valence-corrected chi connectivity index (χ1v) is 8.00. The Morgan fingerprint density at radius 1 is 1.04 bits per heavy atom. The van der Waals surface area contributed by atoms with E-state index < -0.39 is 11.1 Å². The van der Waals surface area contributed by atoms with Gasteiger partial charge in [-0.3, -0.25) is 0 Å². The number of rotatable bonds is 2. The van der Waals surface area contributed by atoms with Crippen molar-refractivity contribution < 1.29 is 13.2 Å². The number of hydrogen-bond donors (Lipinski definition) is 0. The highest BCUT2D eigenvalue weighted by Gasteiger charge is 2.34. The Balaban J connectivity index is 1.67. The lowest BCUT2D eigenvalue weighted by Crippen LogP contribution is -2.46. The first kappa shape index (κ1) is 16.0. The van der Waals surface area contributed by atoms with Gasteiger partial charge in [0.15, 0.2) is 5.13 Å². The smallest absolute Gasteiger partial charge is 0.353 e. The maximum absolute atomic E-state index is 12.7. The van der Waals surface area contributed by atoms with Gasteiger partial charge in [0.1, 0.15) is 16.5 Å². The zero-order valence-electron chi connectivity index (χ0n) is 12.8. The van der Waals surface area contributed by atoms with Gasteiger partial charge in [0.05, 0.1) is 6.20 Å². The van der Waals surface area contributed by atoms with Crippen LogP contribution in [0, 0.1) is 13.8 Å². The van der Waals surface area contributed by atoms with E-state index in [4.69, 9.17) is 0 Å². The summed E-state index contributed by atoms with van der Waals surface area (Å²) in [5.74, 6) is 1.59. The van der Waals surface area contributed by atoms with Crippen LogP contribution in [-0.4, -0.2) is 41.1 Å². The van der Waals surface area contributed by atoms with E-state index in [9.17, 15) is 13.2 Å². The number of halogens is 3. The molecule has 3 heterocycles. The lowest BCUT2D eigenvalue weighted by Gasteiger charge is -2.35. The van der Waals surface area contributed by atoms with Crippen molar-refractivity contribution in [1.82, 2.24) is 15.0 Å². The molecule has 0 aromatic carbocycles. The van der Waals surface area contributed by atoms with Crippen LogP contribution in [0.15, 0.2) is 12.3 Å². The van der Waals surface area contributed by atoms with Gasteiger partial charge in [-0.1, -0.05) is 11.3 Å². The summed E-state index contributed by atoms with van der Waals surface area (Å²) in [4.78, 5) is 15.9. The molecule has 9 heteroatoms. The Bertz CT molecular complexity index is 672. The zero-order chi connectivity index (χ0) is 16.6. The fourth-order valence-electron chi connectivity index (χ4n) is 2.53. The summed E-state index contributed by atoms with van der Waals surface area (Å²) in [5, 5.41) is 0.423. The van der Waals surface area contributed by atoms with E-state index in [1.54, 1.807) is 0 Å². The Kier molecular flexibility index (Phi) is 4.13. The van der Waals surface area contributed by atoms with Crippen molar-refractivity contribution in [2.45, 2.75) is 20.0 Å². The van der Waals surface area contributed by atoms with Gasteiger partial charge in [-0.15, -0.1) is 0 Å². The van der Waals surface area contributed by atoms with Crippen molar-refractivity contribution in [2.75, 3.05) is 36.0 Å². The largest absolute Gasteiger partial charge is 0.427 e.